The van der Waals surface area contributed by atoms with Crippen molar-refractivity contribution in [1.29, 1.82) is 0 Å². The number of aryl methyl sites for hydroxylation is 2. The number of aliphatic imine (C=N–C) groups is 1. The lowest BCUT2D eigenvalue weighted by Gasteiger charge is -2.63. The van der Waals surface area contributed by atoms with E-state index in [1.807, 2.05) is 18.7 Å². The summed E-state index contributed by atoms with van der Waals surface area (Å²) in [6.45, 7) is 3.75. The van der Waals surface area contributed by atoms with Crippen molar-refractivity contribution in [3.05, 3.63) is 11.6 Å². The molecule has 5 rings (SSSR count). The van der Waals surface area contributed by atoms with Crippen LogP contribution in [0, 0.1) is 18.3 Å². The Morgan fingerprint density at radius 3 is 2.96 bits per heavy atom. The van der Waals surface area contributed by atoms with E-state index in [1.165, 1.54) is 25.7 Å². The van der Waals surface area contributed by atoms with E-state index < -0.39 is 0 Å². The Bertz CT molecular complexity index is 694. The van der Waals surface area contributed by atoms with Crippen LogP contribution in [0.1, 0.15) is 43.8 Å². The molecule has 3 heterocycles. The summed E-state index contributed by atoms with van der Waals surface area (Å²) in [5.41, 5.74) is 0.377. The normalized spacial score (nSPS) is 35.5. The third-order valence-electron chi connectivity index (χ3n) is 6.86. The summed E-state index contributed by atoms with van der Waals surface area (Å²) in [7, 11) is 1.87. The molecule has 136 valence electrons. The Kier molecular flexibility index (Phi) is 3.55. The minimum absolute atomic E-state index is 0.354. The van der Waals surface area contributed by atoms with Crippen LogP contribution >= 0.6 is 0 Å². The Morgan fingerprint density at radius 2 is 2.20 bits per heavy atom. The molecule has 3 fully saturated rings. The first-order valence-corrected chi connectivity index (χ1v) is 9.71. The lowest BCUT2D eigenvalue weighted by Crippen LogP contribution is -2.72. The van der Waals surface area contributed by atoms with Gasteiger partial charge in [-0.05, 0) is 32.6 Å². The molecule has 1 saturated heterocycles. The quantitative estimate of drug-likeness (QED) is 0.619. The van der Waals surface area contributed by atoms with E-state index in [9.17, 15) is 0 Å². The van der Waals surface area contributed by atoms with Gasteiger partial charge in [0.05, 0.1) is 12.6 Å². The number of hydrogen-bond acceptors (Lipinski definition) is 4. The van der Waals surface area contributed by atoms with E-state index in [4.69, 9.17) is 4.74 Å². The van der Waals surface area contributed by atoms with Gasteiger partial charge >= 0.3 is 0 Å². The fourth-order valence-electron chi connectivity index (χ4n) is 5.52. The lowest BCUT2D eigenvalue weighted by molar-refractivity contribution is -0.171. The molecule has 0 radical (unpaired) electrons. The van der Waals surface area contributed by atoms with Crippen LogP contribution < -0.4 is 10.6 Å². The monoisotopic (exact) mass is 344 g/mol. The molecule has 25 heavy (non-hydrogen) atoms. The number of guanidine groups is 1. The molecule has 4 aliphatic rings. The highest BCUT2D eigenvalue weighted by molar-refractivity contribution is 5.80. The van der Waals surface area contributed by atoms with Gasteiger partial charge in [0, 0.05) is 43.5 Å². The molecular formula is C18H28N6O. The molecule has 4 unspecified atom stereocenters. The third-order valence-corrected chi connectivity index (χ3v) is 6.86. The molecule has 7 heteroatoms. The largest absolute Gasteiger partial charge is 0.377 e. The topological polar surface area (TPSA) is 76.4 Å². The van der Waals surface area contributed by atoms with Crippen LogP contribution in [0.2, 0.25) is 0 Å². The van der Waals surface area contributed by atoms with Crippen LogP contribution in [0.4, 0.5) is 0 Å². The number of hydrogen-bond donors (Lipinski definition) is 2. The summed E-state index contributed by atoms with van der Waals surface area (Å²) in [6, 6.07) is 0.876. The van der Waals surface area contributed by atoms with Gasteiger partial charge in [0.25, 0.3) is 0 Å². The molecule has 2 aliphatic carbocycles. The van der Waals surface area contributed by atoms with Crippen molar-refractivity contribution in [2.75, 3.05) is 13.7 Å². The molecule has 1 aromatic rings. The third kappa shape index (κ3) is 2.31. The van der Waals surface area contributed by atoms with Crippen LogP contribution in [0.5, 0.6) is 0 Å². The summed E-state index contributed by atoms with van der Waals surface area (Å²) < 4.78 is 8.07. The summed E-state index contributed by atoms with van der Waals surface area (Å²) in [5, 5.41) is 11.9. The van der Waals surface area contributed by atoms with E-state index >= 15 is 0 Å². The molecule has 1 spiro atoms. The van der Waals surface area contributed by atoms with Gasteiger partial charge in [-0.1, -0.05) is 6.42 Å². The molecule has 7 nitrogen and oxygen atoms in total. The number of rotatable bonds is 2. The van der Waals surface area contributed by atoms with Gasteiger partial charge in [0.1, 0.15) is 11.6 Å². The smallest absolute Gasteiger partial charge is 0.191 e. The van der Waals surface area contributed by atoms with E-state index in [-0.39, 0.29) is 0 Å². The summed E-state index contributed by atoms with van der Waals surface area (Å²) in [6.07, 6.45) is 7.67. The minimum Gasteiger partial charge on any atom is -0.377 e. The van der Waals surface area contributed by atoms with Gasteiger partial charge in [-0.3, -0.25) is 4.99 Å². The standard InChI is InChI=1S/C18H28N6O/c1-11-20-14-5-4-12(10-24(14)23-11)21-17(19-2)22-15-13-6-9-25-16(13)18(15)7-3-8-18/h12-13,15-16H,3-10H2,1-2H3,(H2,19,21,22). The first kappa shape index (κ1) is 15.6. The van der Waals surface area contributed by atoms with E-state index in [0.717, 1.165) is 43.6 Å². The number of ether oxygens (including phenoxy) is 1. The van der Waals surface area contributed by atoms with Crippen molar-refractivity contribution in [3.63, 3.8) is 0 Å². The van der Waals surface area contributed by atoms with Crippen molar-refractivity contribution in [3.8, 4) is 0 Å². The first-order valence-electron chi connectivity index (χ1n) is 9.71. The maximum absolute atomic E-state index is 6.03. The van der Waals surface area contributed by atoms with Crippen LogP contribution in [-0.2, 0) is 17.7 Å². The molecule has 4 atom stereocenters. The summed E-state index contributed by atoms with van der Waals surface area (Å²) >= 11 is 0. The number of aromatic nitrogens is 3. The second-order valence-electron chi connectivity index (χ2n) is 8.16. The van der Waals surface area contributed by atoms with Gasteiger partial charge < -0.3 is 15.4 Å². The zero-order valence-corrected chi connectivity index (χ0v) is 15.2. The highest BCUT2D eigenvalue weighted by Crippen LogP contribution is 2.62. The maximum Gasteiger partial charge on any atom is 0.191 e. The van der Waals surface area contributed by atoms with Crippen molar-refractivity contribution < 1.29 is 4.74 Å². The Labute approximate surface area is 148 Å². The molecule has 0 aromatic carbocycles. The molecular weight excluding hydrogens is 316 g/mol. The summed E-state index contributed by atoms with van der Waals surface area (Å²) in [4.78, 5) is 9.01. The second-order valence-corrected chi connectivity index (χ2v) is 8.16. The number of nitrogens with zero attached hydrogens (tertiary/aromatic N) is 4. The van der Waals surface area contributed by atoms with E-state index in [2.05, 4.69) is 25.7 Å². The van der Waals surface area contributed by atoms with Crippen LogP contribution in [-0.4, -0.2) is 52.6 Å². The zero-order chi connectivity index (χ0) is 17.0. The highest BCUT2D eigenvalue weighted by Gasteiger charge is 2.66. The van der Waals surface area contributed by atoms with Crippen LogP contribution in [0.3, 0.4) is 0 Å². The van der Waals surface area contributed by atoms with Gasteiger partial charge in [-0.15, -0.1) is 0 Å². The SMILES string of the molecule is CN=C(NC1CCc2nc(C)nn2C1)NC1C2CCOC2C12CCC2. The molecule has 2 aliphatic heterocycles. The van der Waals surface area contributed by atoms with E-state index in [1.54, 1.807) is 0 Å². The number of fused-ring (bicyclic) bond motifs is 3. The highest BCUT2D eigenvalue weighted by atomic mass is 16.5. The van der Waals surface area contributed by atoms with E-state index in [0.29, 0.717) is 29.5 Å². The number of nitrogens with one attached hydrogen (secondary N) is 2. The van der Waals surface area contributed by atoms with Crippen molar-refractivity contribution in [2.24, 2.45) is 16.3 Å². The van der Waals surface area contributed by atoms with Crippen molar-refractivity contribution in [2.45, 2.75) is 70.2 Å². The predicted octanol–water partition coefficient (Wildman–Crippen LogP) is 1.02. The minimum atomic E-state index is 0.354. The average molecular weight is 344 g/mol. The lowest BCUT2D eigenvalue weighted by atomic mass is 9.46. The average Bonchev–Trinajstić information content (AvgIpc) is 3.13. The zero-order valence-electron chi connectivity index (χ0n) is 15.2. The van der Waals surface area contributed by atoms with Gasteiger partial charge in [0.15, 0.2) is 5.96 Å². The molecule has 1 aromatic heterocycles. The van der Waals surface area contributed by atoms with Crippen LogP contribution in [0.15, 0.2) is 4.99 Å². The first-order chi connectivity index (χ1) is 12.2. The Morgan fingerprint density at radius 1 is 1.32 bits per heavy atom. The molecule has 0 bridgehead atoms. The fourth-order valence-corrected chi connectivity index (χ4v) is 5.52. The van der Waals surface area contributed by atoms with Gasteiger partial charge in [-0.2, -0.15) is 5.10 Å². The van der Waals surface area contributed by atoms with Crippen molar-refractivity contribution in [1.82, 2.24) is 25.4 Å². The van der Waals surface area contributed by atoms with Gasteiger partial charge in [-0.25, -0.2) is 9.67 Å². The fraction of sp³-hybridized carbons (Fsp3) is 0.833. The maximum atomic E-state index is 6.03. The van der Waals surface area contributed by atoms with Gasteiger partial charge in [0.2, 0.25) is 0 Å². The van der Waals surface area contributed by atoms with Crippen molar-refractivity contribution >= 4 is 5.96 Å². The predicted molar refractivity (Wildman–Crippen MR) is 94.4 cm³/mol. The Hall–Kier alpha value is -1.63. The Balaban J connectivity index is 1.25. The van der Waals surface area contributed by atoms with Crippen LogP contribution in [0.25, 0.3) is 0 Å². The molecule has 2 N–H and O–H groups in total. The molecule has 2 saturated carbocycles. The second kappa shape index (κ2) is 5.69. The molecule has 0 amide bonds. The summed E-state index contributed by atoms with van der Waals surface area (Å²) in [5.74, 6) is 3.57.